The number of hydrogen-bond donors (Lipinski definition) is 1. The first-order valence-electron chi connectivity index (χ1n) is 9.41. The van der Waals surface area contributed by atoms with Gasteiger partial charge in [0.05, 0.1) is 17.9 Å². The molecule has 1 amide bonds. The second-order valence-corrected chi connectivity index (χ2v) is 6.11. The maximum Gasteiger partial charge on any atom is 0.340 e. The number of pyridine rings is 1. The van der Waals surface area contributed by atoms with Gasteiger partial charge in [-0.05, 0) is 50.1 Å². The lowest BCUT2D eigenvalue weighted by molar-refractivity contribution is -0.112. The molecule has 0 radical (unpaired) electrons. The smallest absolute Gasteiger partial charge is 0.340 e. The van der Waals surface area contributed by atoms with E-state index in [4.69, 9.17) is 4.74 Å². The number of anilines is 1. The molecule has 0 aliphatic rings. The minimum Gasteiger partial charge on any atom is -0.462 e. The second kappa shape index (κ2) is 11.2. The third kappa shape index (κ3) is 6.47. The summed E-state index contributed by atoms with van der Waals surface area (Å²) in [5, 5.41) is 12.1. The Hall–Kier alpha value is -3.66. The lowest BCUT2D eigenvalue weighted by atomic mass is 10.1. The number of nitrogens with one attached hydrogen (secondary N) is 1. The first-order chi connectivity index (χ1) is 14.1. The first-order valence-corrected chi connectivity index (χ1v) is 9.41. The SMILES string of the molecule is CCOC(=O)c1ccccc1NC(=O)/C(C#N)=C\N(CC)CCc1ccncc1. The number of nitriles is 1. The number of nitrogens with zero attached hydrogens (tertiary/aromatic N) is 3. The van der Waals surface area contributed by atoms with Crippen molar-refractivity contribution in [3.8, 4) is 6.07 Å². The predicted octanol–water partition coefficient (Wildman–Crippen LogP) is 3.17. The van der Waals surface area contributed by atoms with Crippen LogP contribution in [-0.4, -0.2) is 41.5 Å². The zero-order chi connectivity index (χ0) is 21.1. The maximum atomic E-state index is 12.6. The molecule has 7 nitrogen and oxygen atoms in total. The summed E-state index contributed by atoms with van der Waals surface area (Å²) in [5.74, 6) is -1.11. The third-order valence-corrected chi connectivity index (χ3v) is 4.19. The molecule has 2 rings (SSSR count). The van der Waals surface area contributed by atoms with Gasteiger partial charge in [0, 0.05) is 31.7 Å². The topological polar surface area (TPSA) is 95.3 Å². The Morgan fingerprint density at radius 2 is 1.93 bits per heavy atom. The normalized spacial score (nSPS) is 10.7. The van der Waals surface area contributed by atoms with Crippen molar-refractivity contribution in [2.45, 2.75) is 20.3 Å². The van der Waals surface area contributed by atoms with E-state index in [2.05, 4.69) is 10.3 Å². The van der Waals surface area contributed by atoms with E-state index in [9.17, 15) is 14.9 Å². The molecule has 0 aliphatic heterocycles. The van der Waals surface area contributed by atoms with Crippen LogP contribution in [0.25, 0.3) is 0 Å². The van der Waals surface area contributed by atoms with Gasteiger partial charge in [-0.3, -0.25) is 9.78 Å². The Morgan fingerprint density at radius 1 is 1.21 bits per heavy atom. The van der Waals surface area contributed by atoms with Crippen molar-refractivity contribution in [3.63, 3.8) is 0 Å². The molecule has 0 saturated carbocycles. The predicted molar refractivity (Wildman–Crippen MR) is 110 cm³/mol. The van der Waals surface area contributed by atoms with Crippen molar-refractivity contribution in [3.05, 3.63) is 71.7 Å². The van der Waals surface area contributed by atoms with E-state index in [1.54, 1.807) is 49.8 Å². The van der Waals surface area contributed by atoms with E-state index < -0.39 is 11.9 Å². The van der Waals surface area contributed by atoms with Crippen LogP contribution in [0.1, 0.15) is 29.8 Å². The number of amides is 1. The third-order valence-electron chi connectivity index (χ3n) is 4.19. The summed E-state index contributed by atoms with van der Waals surface area (Å²) in [6.07, 6.45) is 5.77. The summed E-state index contributed by atoms with van der Waals surface area (Å²) >= 11 is 0. The molecule has 7 heteroatoms. The van der Waals surface area contributed by atoms with Gasteiger partial charge < -0.3 is 15.0 Å². The van der Waals surface area contributed by atoms with Gasteiger partial charge in [-0.15, -0.1) is 0 Å². The minimum atomic E-state index is -0.577. The number of ether oxygens (including phenoxy) is 1. The summed E-state index contributed by atoms with van der Waals surface area (Å²) in [4.78, 5) is 30.6. The number of carbonyl (C=O) groups is 2. The van der Waals surface area contributed by atoms with E-state index >= 15 is 0 Å². The number of rotatable bonds is 9. The van der Waals surface area contributed by atoms with E-state index in [0.29, 0.717) is 18.8 Å². The number of esters is 1. The van der Waals surface area contributed by atoms with Gasteiger partial charge in [-0.25, -0.2) is 4.79 Å². The Bertz CT molecular complexity index is 904. The lowest BCUT2D eigenvalue weighted by Gasteiger charge is -2.19. The number of benzene rings is 1. The highest BCUT2D eigenvalue weighted by Gasteiger charge is 2.17. The van der Waals surface area contributed by atoms with Crippen LogP contribution >= 0.6 is 0 Å². The second-order valence-electron chi connectivity index (χ2n) is 6.11. The molecule has 0 atom stereocenters. The summed E-state index contributed by atoms with van der Waals surface area (Å²) in [6.45, 7) is 5.18. The fourth-order valence-corrected chi connectivity index (χ4v) is 2.63. The Balaban J connectivity index is 2.11. The van der Waals surface area contributed by atoms with Gasteiger partial charge in [-0.2, -0.15) is 5.26 Å². The fraction of sp³-hybridized carbons (Fsp3) is 0.273. The summed E-state index contributed by atoms with van der Waals surface area (Å²) < 4.78 is 5.01. The zero-order valence-corrected chi connectivity index (χ0v) is 16.6. The van der Waals surface area contributed by atoms with E-state index in [0.717, 1.165) is 12.0 Å². The van der Waals surface area contributed by atoms with Crippen molar-refractivity contribution in [2.75, 3.05) is 25.0 Å². The van der Waals surface area contributed by atoms with Gasteiger partial charge in [0.25, 0.3) is 5.91 Å². The van der Waals surface area contributed by atoms with Gasteiger partial charge in [0.2, 0.25) is 0 Å². The van der Waals surface area contributed by atoms with Crippen LogP contribution in [0.2, 0.25) is 0 Å². The molecule has 0 bridgehead atoms. The monoisotopic (exact) mass is 392 g/mol. The molecular formula is C22H24N4O3. The highest BCUT2D eigenvalue weighted by atomic mass is 16.5. The van der Waals surface area contributed by atoms with Crippen LogP contribution in [0.3, 0.4) is 0 Å². The van der Waals surface area contributed by atoms with Crippen LogP contribution in [0.5, 0.6) is 0 Å². The number of likely N-dealkylation sites (N-methyl/N-ethyl adjacent to an activating group) is 1. The van der Waals surface area contributed by atoms with Gasteiger partial charge in [0.15, 0.2) is 0 Å². The number of aromatic nitrogens is 1. The van der Waals surface area contributed by atoms with Crippen LogP contribution in [0.15, 0.2) is 60.6 Å². The molecule has 1 aromatic heterocycles. The lowest BCUT2D eigenvalue weighted by Crippen LogP contribution is -2.23. The molecule has 0 unspecified atom stereocenters. The van der Waals surface area contributed by atoms with Crippen molar-refractivity contribution in [2.24, 2.45) is 0 Å². The van der Waals surface area contributed by atoms with Crippen LogP contribution in [0.4, 0.5) is 5.69 Å². The van der Waals surface area contributed by atoms with Crippen LogP contribution in [-0.2, 0) is 16.0 Å². The van der Waals surface area contributed by atoms with Crippen molar-refractivity contribution >= 4 is 17.6 Å². The average Bonchev–Trinajstić information content (AvgIpc) is 2.75. The van der Waals surface area contributed by atoms with Crippen molar-refractivity contribution in [1.29, 1.82) is 5.26 Å². The summed E-state index contributed by atoms with van der Waals surface area (Å²) in [7, 11) is 0. The zero-order valence-electron chi connectivity index (χ0n) is 16.6. The number of carbonyl (C=O) groups excluding carboxylic acids is 2. The largest absolute Gasteiger partial charge is 0.462 e. The van der Waals surface area contributed by atoms with E-state index in [1.807, 2.05) is 30.0 Å². The Labute approximate surface area is 170 Å². The average molecular weight is 392 g/mol. The molecule has 0 spiro atoms. The molecule has 0 saturated heterocycles. The van der Waals surface area contributed by atoms with Gasteiger partial charge in [0.1, 0.15) is 11.6 Å². The molecule has 0 fully saturated rings. The molecule has 0 aliphatic carbocycles. The molecule has 1 aromatic carbocycles. The Kier molecular flexibility index (Phi) is 8.39. The summed E-state index contributed by atoms with van der Waals surface area (Å²) in [6, 6.07) is 12.3. The van der Waals surface area contributed by atoms with E-state index in [1.165, 1.54) is 0 Å². The molecule has 2 aromatic rings. The molecule has 1 N–H and O–H groups in total. The maximum absolute atomic E-state index is 12.6. The summed E-state index contributed by atoms with van der Waals surface area (Å²) in [5.41, 5.74) is 1.63. The highest BCUT2D eigenvalue weighted by molar-refractivity contribution is 6.09. The molecule has 29 heavy (non-hydrogen) atoms. The number of hydrogen-bond acceptors (Lipinski definition) is 6. The standard InChI is InChI=1S/C22H24N4O3/c1-3-26(14-11-17-9-12-24-13-10-17)16-18(15-23)21(27)25-20-8-6-5-7-19(20)22(28)29-4-2/h5-10,12-13,16H,3-4,11,14H2,1-2H3,(H,25,27)/b18-16-. The minimum absolute atomic E-state index is 0.0414. The van der Waals surface area contributed by atoms with Crippen molar-refractivity contribution < 1.29 is 14.3 Å². The Morgan fingerprint density at radius 3 is 2.59 bits per heavy atom. The van der Waals surface area contributed by atoms with Crippen LogP contribution < -0.4 is 5.32 Å². The van der Waals surface area contributed by atoms with E-state index in [-0.39, 0.29) is 17.7 Å². The van der Waals surface area contributed by atoms with Gasteiger partial charge in [-0.1, -0.05) is 12.1 Å². The van der Waals surface area contributed by atoms with Crippen LogP contribution in [0, 0.1) is 11.3 Å². The number of para-hydroxylation sites is 1. The quantitative estimate of drug-likeness (QED) is 0.400. The van der Waals surface area contributed by atoms with Crippen molar-refractivity contribution in [1.82, 2.24) is 9.88 Å². The molecule has 150 valence electrons. The molecule has 1 heterocycles. The fourth-order valence-electron chi connectivity index (χ4n) is 2.63. The first kappa shape index (κ1) is 21.6. The van der Waals surface area contributed by atoms with Gasteiger partial charge >= 0.3 is 5.97 Å². The highest BCUT2D eigenvalue weighted by Crippen LogP contribution is 2.17. The molecular weight excluding hydrogens is 368 g/mol.